The monoisotopic (exact) mass is 184 g/mol. The Kier molecular flexibility index (Phi) is 3.42. The molecule has 1 aromatic heterocycles. The largest absolute Gasteiger partial charge is 0.425 e. The lowest BCUT2D eigenvalue weighted by molar-refractivity contribution is 0.213. The number of hydrogen-bond donors (Lipinski definition) is 1. The predicted molar refractivity (Wildman–Crippen MR) is 48.3 cm³/mol. The number of aliphatic hydroxyl groups excluding tert-OH is 1. The molecule has 1 heterocycles. The average Bonchev–Trinajstić information content (AvgIpc) is 2.53. The molecule has 0 amide bonds. The van der Waals surface area contributed by atoms with Crippen LogP contribution in [0.25, 0.3) is 0 Å². The van der Waals surface area contributed by atoms with Gasteiger partial charge in [-0.2, -0.15) is 0 Å². The van der Waals surface area contributed by atoms with Crippen LogP contribution in [0.5, 0.6) is 0 Å². The number of aryl methyl sites for hydroxylation is 1. The summed E-state index contributed by atoms with van der Waals surface area (Å²) in [6.07, 6.45) is 0.739. The Morgan fingerprint density at radius 2 is 2.08 bits per heavy atom. The summed E-state index contributed by atoms with van der Waals surface area (Å²) >= 11 is 0. The third-order valence-corrected chi connectivity index (χ3v) is 2.10. The molecule has 0 aliphatic carbocycles. The van der Waals surface area contributed by atoms with Crippen molar-refractivity contribution in [1.29, 1.82) is 0 Å². The highest BCUT2D eigenvalue weighted by molar-refractivity contribution is 4.92. The van der Waals surface area contributed by atoms with Gasteiger partial charge in [0.15, 0.2) is 0 Å². The molecule has 0 aromatic carbocycles. The summed E-state index contributed by atoms with van der Waals surface area (Å²) in [5.74, 6) is 1.46. The Bertz CT molecular complexity index is 258. The molecule has 4 nitrogen and oxygen atoms in total. The third-order valence-electron chi connectivity index (χ3n) is 2.10. The summed E-state index contributed by atoms with van der Waals surface area (Å²) in [4.78, 5) is 0. The molecular weight excluding hydrogens is 168 g/mol. The zero-order chi connectivity index (χ0) is 9.84. The maximum Gasteiger partial charge on any atom is 0.222 e. The van der Waals surface area contributed by atoms with Crippen LogP contribution in [0.3, 0.4) is 0 Å². The fraction of sp³-hybridized carbons (Fsp3) is 0.778. The SMILES string of the molecule is CCc1nnc(C(CO)C(C)C)o1. The van der Waals surface area contributed by atoms with E-state index < -0.39 is 0 Å². The minimum Gasteiger partial charge on any atom is -0.425 e. The maximum absolute atomic E-state index is 9.10. The molecule has 1 unspecified atom stereocenters. The summed E-state index contributed by atoms with van der Waals surface area (Å²) in [6, 6.07) is 0. The average molecular weight is 184 g/mol. The molecule has 1 atom stereocenters. The van der Waals surface area contributed by atoms with Crippen molar-refractivity contribution in [2.24, 2.45) is 5.92 Å². The third kappa shape index (κ3) is 2.28. The standard InChI is InChI=1S/C9H16N2O2/c1-4-8-10-11-9(13-8)7(5-12)6(2)3/h6-7,12H,4-5H2,1-3H3. The van der Waals surface area contributed by atoms with Gasteiger partial charge in [0.1, 0.15) is 0 Å². The molecule has 0 aliphatic rings. The van der Waals surface area contributed by atoms with Crippen molar-refractivity contribution in [3.05, 3.63) is 11.8 Å². The summed E-state index contributed by atoms with van der Waals surface area (Å²) in [7, 11) is 0. The smallest absolute Gasteiger partial charge is 0.222 e. The van der Waals surface area contributed by atoms with Gasteiger partial charge in [-0.15, -0.1) is 10.2 Å². The van der Waals surface area contributed by atoms with E-state index in [1.165, 1.54) is 0 Å². The maximum atomic E-state index is 9.10. The molecule has 74 valence electrons. The van der Waals surface area contributed by atoms with Gasteiger partial charge in [-0.1, -0.05) is 20.8 Å². The zero-order valence-corrected chi connectivity index (χ0v) is 8.32. The first-order valence-corrected chi connectivity index (χ1v) is 4.62. The predicted octanol–water partition coefficient (Wildman–Crippen LogP) is 1.36. The van der Waals surface area contributed by atoms with Crippen molar-refractivity contribution >= 4 is 0 Å². The van der Waals surface area contributed by atoms with Crippen molar-refractivity contribution < 1.29 is 9.52 Å². The Morgan fingerprint density at radius 3 is 2.46 bits per heavy atom. The summed E-state index contributed by atoms with van der Waals surface area (Å²) in [5.41, 5.74) is 0. The molecule has 1 N–H and O–H groups in total. The van der Waals surface area contributed by atoms with E-state index in [1.807, 2.05) is 20.8 Å². The summed E-state index contributed by atoms with van der Waals surface area (Å²) in [6.45, 7) is 6.07. The molecule has 0 aliphatic heterocycles. The molecule has 4 heteroatoms. The van der Waals surface area contributed by atoms with E-state index in [0.717, 1.165) is 6.42 Å². The number of nitrogens with zero attached hydrogens (tertiary/aromatic N) is 2. The summed E-state index contributed by atoms with van der Waals surface area (Å²) in [5, 5.41) is 16.9. The topological polar surface area (TPSA) is 59.2 Å². The van der Waals surface area contributed by atoms with Crippen LogP contribution in [0.15, 0.2) is 4.42 Å². The van der Waals surface area contributed by atoms with Gasteiger partial charge in [0, 0.05) is 6.42 Å². The van der Waals surface area contributed by atoms with Crippen LogP contribution in [0.4, 0.5) is 0 Å². The molecular formula is C9H16N2O2. The normalized spacial score (nSPS) is 13.6. The first kappa shape index (κ1) is 10.2. The van der Waals surface area contributed by atoms with Crippen LogP contribution < -0.4 is 0 Å². The van der Waals surface area contributed by atoms with Gasteiger partial charge in [-0.05, 0) is 5.92 Å². The molecule has 0 bridgehead atoms. The van der Waals surface area contributed by atoms with Gasteiger partial charge < -0.3 is 9.52 Å². The molecule has 1 aromatic rings. The highest BCUT2D eigenvalue weighted by Gasteiger charge is 2.20. The van der Waals surface area contributed by atoms with E-state index in [9.17, 15) is 0 Å². The fourth-order valence-electron chi connectivity index (χ4n) is 1.13. The number of aromatic nitrogens is 2. The molecule has 0 spiro atoms. The van der Waals surface area contributed by atoms with Crippen LogP contribution in [0.1, 0.15) is 38.5 Å². The number of hydrogen-bond acceptors (Lipinski definition) is 4. The highest BCUT2D eigenvalue weighted by atomic mass is 16.4. The van der Waals surface area contributed by atoms with E-state index in [0.29, 0.717) is 17.7 Å². The second-order valence-corrected chi connectivity index (χ2v) is 3.42. The molecule has 0 saturated heterocycles. The van der Waals surface area contributed by atoms with Crippen molar-refractivity contribution in [1.82, 2.24) is 10.2 Å². The van der Waals surface area contributed by atoms with Crippen molar-refractivity contribution in [2.45, 2.75) is 33.1 Å². The lowest BCUT2D eigenvalue weighted by atomic mass is 9.97. The van der Waals surface area contributed by atoms with E-state index >= 15 is 0 Å². The van der Waals surface area contributed by atoms with Crippen molar-refractivity contribution in [3.63, 3.8) is 0 Å². The van der Waals surface area contributed by atoms with Crippen molar-refractivity contribution in [3.8, 4) is 0 Å². The van der Waals surface area contributed by atoms with Gasteiger partial charge in [-0.3, -0.25) is 0 Å². The van der Waals surface area contributed by atoms with Gasteiger partial charge in [-0.25, -0.2) is 0 Å². The van der Waals surface area contributed by atoms with Gasteiger partial charge in [0.25, 0.3) is 0 Å². The molecule has 0 radical (unpaired) electrons. The molecule has 0 saturated carbocycles. The van der Waals surface area contributed by atoms with Crippen LogP contribution in [0, 0.1) is 5.92 Å². The molecule has 0 fully saturated rings. The second-order valence-electron chi connectivity index (χ2n) is 3.42. The molecule has 1 rings (SSSR count). The Labute approximate surface area is 78.0 Å². The highest BCUT2D eigenvalue weighted by Crippen LogP contribution is 2.22. The fourth-order valence-corrected chi connectivity index (χ4v) is 1.13. The minimum atomic E-state index is -0.0344. The van der Waals surface area contributed by atoms with Crippen molar-refractivity contribution in [2.75, 3.05) is 6.61 Å². The minimum absolute atomic E-state index is 0.0344. The first-order chi connectivity index (χ1) is 6.19. The van der Waals surface area contributed by atoms with Crippen LogP contribution in [0.2, 0.25) is 0 Å². The van der Waals surface area contributed by atoms with Crippen LogP contribution in [-0.4, -0.2) is 21.9 Å². The summed E-state index contributed by atoms with van der Waals surface area (Å²) < 4.78 is 5.36. The van der Waals surface area contributed by atoms with Gasteiger partial charge in [0.05, 0.1) is 12.5 Å². The molecule has 13 heavy (non-hydrogen) atoms. The zero-order valence-electron chi connectivity index (χ0n) is 8.32. The number of aliphatic hydroxyl groups is 1. The van der Waals surface area contributed by atoms with Crippen LogP contribution >= 0.6 is 0 Å². The Hall–Kier alpha value is -0.900. The Balaban J connectivity index is 2.79. The van der Waals surface area contributed by atoms with Gasteiger partial charge >= 0.3 is 0 Å². The lowest BCUT2D eigenvalue weighted by Crippen LogP contribution is -2.11. The Morgan fingerprint density at radius 1 is 1.38 bits per heavy atom. The van der Waals surface area contributed by atoms with E-state index in [2.05, 4.69) is 10.2 Å². The van der Waals surface area contributed by atoms with E-state index in [4.69, 9.17) is 9.52 Å². The van der Waals surface area contributed by atoms with E-state index in [1.54, 1.807) is 0 Å². The quantitative estimate of drug-likeness (QED) is 0.767. The van der Waals surface area contributed by atoms with E-state index in [-0.39, 0.29) is 12.5 Å². The van der Waals surface area contributed by atoms with Crippen LogP contribution in [-0.2, 0) is 6.42 Å². The second kappa shape index (κ2) is 4.37. The first-order valence-electron chi connectivity index (χ1n) is 4.62. The van der Waals surface area contributed by atoms with Gasteiger partial charge in [0.2, 0.25) is 11.8 Å². The number of rotatable bonds is 4. The lowest BCUT2D eigenvalue weighted by Gasteiger charge is -2.12.